The Morgan fingerprint density at radius 3 is 2.24 bits per heavy atom. The van der Waals surface area contributed by atoms with Crippen molar-refractivity contribution >= 4 is 78.2 Å². The molecule has 0 atom stereocenters. The lowest BCUT2D eigenvalue weighted by molar-refractivity contribution is -0.126. The highest BCUT2D eigenvalue weighted by Gasteiger charge is 2.18. The number of fused-ring (bicyclic) bond motifs is 2. The van der Waals surface area contributed by atoms with Gasteiger partial charge in [-0.2, -0.15) is 0 Å². The quantitative estimate of drug-likeness (QED) is 0.125. The summed E-state index contributed by atoms with van der Waals surface area (Å²) in [5.74, 6) is -0.335. The first-order chi connectivity index (χ1) is 16.2. The molecule has 0 aliphatic rings. The van der Waals surface area contributed by atoms with Crippen LogP contribution in [0.25, 0.3) is 25.7 Å². The molecule has 0 unspecified atom stereocenters. The summed E-state index contributed by atoms with van der Waals surface area (Å²) in [7, 11) is 0. The Hall–Kier alpha value is -2.51. The van der Waals surface area contributed by atoms with Crippen molar-refractivity contribution in [3.8, 4) is 0 Å². The summed E-state index contributed by atoms with van der Waals surface area (Å²) in [5, 5.41) is 8.41. The smallest absolute Gasteiger partial charge is 0.351 e. The number of carbonyl (C=O) groups is 1. The molecule has 5 rings (SSSR count). The Morgan fingerprint density at radius 2 is 1.52 bits per heavy atom. The van der Waals surface area contributed by atoms with Crippen LogP contribution in [-0.4, -0.2) is 5.97 Å². The fourth-order valence-electron chi connectivity index (χ4n) is 3.67. The van der Waals surface area contributed by atoms with Gasteiger partial charge in [0.15, 0.2) is 0 Å². The molecule has 164 valence electrons. The predicted octanol–water partition coefficient (Wildman–Crippen LogP) is 9.06. The van der Waals surface area contributed by atoms with Gasteiger partial charge in [-0.15, -0.1) is 22.7 Å². The van der Waals surface area contributed by atoms with Gasteiger partial charge >= 0.3 is 5.97 Å². The van der Waals surface area contributed by atoms with Crippen molar-refractivity contribution in [3.63, 3.8) is 0 Å². The van der Waals surface area contributed by atoms with Crippen LogP contribution in [-0.2, 0) is 15.4 Å². The van der Waals surface area contributed by atoms with E-state index in [4.69, 9.17) is 4.18 Å². The highest BCUT2D eigenvalue weighted by atomic mass is 32.2. The fraction of sp³-hybridized carbons (Fsp3) is 0.0741. The van der Waals surface area contributed by atoms with E-state index < -0.39 is 0 Å². The molecule has 0 amide bonds. The molecule has 6 heteroatoms. The molecule has 2 heterocycles. The molecule has 0 spiro atoms. The van der Waals surface area contributed by atoms with Crippen LogP contribution in [0.15, 0.2) is 98.8 Å². The van der Waals surface area contributed by atoms with E-state index in [1.165, 1.54) is 14.8 Å². The number of carbonyl (C=O) groups excluding carboxylic acids is 1. The first-order valence-electron chi connectivity index (χ1n) is 10.5. The van der Waals surface area contributed by atoms with Gasteiger partial charge in [-0.3, -0.25) is 0 Å². The van der Waals surface area contributed by atoms with E-state index in [-0.39, 0.29) is 5.97 Å². The van der Waals surface area contributed by atoms with Crippen molar-refractivity contribution in [1.29, 1.82) is 0 Å². The van der Waals surface area contributed by atoms with Gasteiger partial charge in [-0.25, -0.2) is 4.79 Å². The minimum atomic E-state index is -0.335. The van der Waals surface area contributed by atoms with Crippen molar-refractivity contribution in [3.05, 3.63) is 100 Å². The molecule has 2 nitrogen and oxygen atoms in total. The predicted molar refractivity (Wildman–Crippen MR) is 145 cm³/mol. The highest BCUT2D eigenvalue weighted by Crippen LogP contribution is 2.36. The molecule has 0 aliphatic carbocycles. The van der Waals surface area contributed by atoms with Crippen molar-refractivity contribution in [1.82, 2.24) is 0 Å². The Bertz CT molecular complexity index is 1460. The standard InChI is InChI=1S/C27H20O2S4/c1-2-18-7-3-4-8-19(18)22(17-32-25-11-5-9-23-20(25)13-15-30-23)27(28)29-33-26-12-6-10-24-21(26)14-16-31-24/h3-17H,2H2,1H3. The Kier molecular flexibility index (Phi) is 6.88. The van der Waals surface area contributed by atoms with Gasteiger partial charge in [0.2, 0.25) is 0 Å². The van der Waals surface area contributed by atoms with Gasteiger partial charge in [0.25, 0.3) is 0 Å². The van der Waals surface area contributed by atoms with Crippen LogP contribution in [0.1, 0.15) is 18.1 Å². The summed E-state index contributed by atoms with van der Waals surface area (Å²) in [6, 6.07) is 24.6. The Morgan fingerprint density at radius 1 is 0.848 bits per heavy atom. The lowest BCUT2D eigenvalue weighted by Crippen LogP contribution is -2.05. The zero-order valence-corrected chi connectivity index (χ0v) is 21.1. The number of hydrogen-bond donors (Lipinski definition) is 0. The summed E-state index contributed by atoms with van der Waals surface area (Å²) >= 11 is 6.11. The van der Waals surface area contributed by atoms with E-state index in [9.17, 15) is 4.79 Å². The number of rotatable bonds is 7. The first-order valence-corrected chi connectivity index (χ1v) is 13.9. The lowest BCUT2D eigenvalue weighted by atomic mass is 9.99. The van der Waals surface area contributed by atoms with Crippen LogP contribution >= 0.6 is 46.5 Å². The van der Waals surface area contributed by atoms with E-state index in [0.29, 0.717) is 5.57 Å². The average Bonchev–Trinajstić information content (AvgIpc) is 3.53. The van der Waals surface area contributed by atoms with Crippen LogP contribution in [0.2, 0.25) is 0 Å². The summed E-state index contributed by atoms with van der Waals surface area (Å²) < 4.78 is 8.21. The fourth-order valence-corrected chi connectivity index (χ4v) is 7.01. The molecule has 33 heavy (non-hydrogen) atoms. The number of thioether (sulfide) groups is 1. The minimum absolute atomic E-state index is 0.335. The molecule has 0 N–H and O–H groups in total. The minimum Gasteiger partial charge on any atom is -0.382 e. The van der Waals surface area contributed by atoms with Crippen LogP contribution < -0.4 is 0 Å². The summed E-state index contributed by atoms with van der Waals surface area (Å²) in [4.78, 5) is 15.4. The molecule has 2 aromatic heterocycles. The molecule has 0 bridgehead atoms. The molecule has 0 radical (unpaired) electrons. The van der Waals surface area contributed by atoms with Crippen molar-refractivity contribution in [2.45, 2.75) is 23.1 Å². The van der Waals surface area contributed by atoms with E-state index in [0.717, 1.165) is 44.8 Å². The van der Waals surface area contributed by atoms with Gasteiger partial charge in [0.1, 0.15) is 0 Å². The van der Waals surface area contributed by atoms with Crippen LogP contribution in [0.4, 0.5) is 0 Å². The maximum Gasteiger partial charge on any atom is 0.351 e. The average molecular weight is 505 g/mol. The third-order valence-electron chi connectivity index (χ3n) is 5.33. The SMILES string of the molecule is CCc1ccccc1C(=CSc1cccc2sccc12)C(=O)OSc1cccc2sccc12. The summed E-state index contributed by atoms with van der Waals surface area (Å²) in [5.41, 5.74) is 2.62. The first kappa shape index (κ1) is 22.3. The third-order valence-corrected chi connectivity index (χ3v) is 8.83. The maximum absolute atomic E-state index is 13.4. The van der Waals surface area contributed by atoms with Crippen molar-refractivity contribution in [2.75, 3.05) is 0 Å². The molecule has 5 aromatic rings. The Balaban J connectivity index is 1.46. The number of benzene rings is 3. The van der Waals surface area contributed by atoms with E-state index in [1.807, 2.05) is 35.7 Å². The highest BCUT2D eigenvalue weighted by molar-refractivity contribution is 8.02. The van der Waals surface area contributed by atoms with Crippen LogP contribution in [0.5, 0.6) is 0 Å². The van der Waals surface area contributed by atoms with Crippen molar-refractivity contribution in [2.24, 2.45) is 0 Å². The maximum atomic E-state index is 13.4. The molecular weight excluding hydrogens is 485 g/mol. The van der Waals surface area contributed by atoms with Gasteiger partial charge in [0.05, 0.1) is 22.5 Å². The van der Waals surface area contributed by atoms with Gasteiger partial charge in [-0.05, 0) is 70.1 Å². The zero-order chi connectivity index (χ0) is 22.6. The second kappa shape index (κ2) is 10.2. The topological polar surface area (TPSA) is 26.3 Å². The summed E-state index contributed by atoms with van der Waals surface area (Å²) in [6.07, 6.45) is 0.840. The van der Waals surface area contributed by atoms with E-state index >= 15 is 0 Å². The third kappa shape index (κ3) is 4.75. The molecule has 0 saturated carbocycles. The molecule has 0 fully saturated rings. The molecular formula is C27H20O2S4. The van der Waals surface area contributed by atoms with Gasteiger partial charge in [0, 0.05) is 25.1 Å². The van der Waals surface area contributed by atoms with Crippen LogP contribution in [0, 0.1) is 0 Å². The molecule has 0 aliphatic heterocycles. The van der Waals surface area contributed by atoms with E-state index in [2.05, 4.69) is 60.1 Å². The molecule has 3 aromatic carbocycles. The lowest BCUT2D eigenvalue weighted by Gasteiger charge is -2.12. The largest absolute Gasteiger partial charge is 0.382 e. The summed E-state index contributed by atoms with van der Waals surface area (Å²) in [6.45, 7) is 2.10. The molecule has 0 saturated heterocycles. The Labute approximate surface area is 209 Å². The van der Waals surface area contributed by atoms with Gasteiger partial charge < -0.3 is 4.18 Å². The second-order valence-corrected chi connectivity index (χ2v) is 10.9. The van der Waals surface area contributed by atoms with Crippen molar-refractivity contribution < 1.29 is 8.98 Å². The number of aryl methyl sites for hydroxylation is 1. The van der Waals surface area contributed by atoms with Crippen LogP contribution in [0.3, 0.4) is 0 Å². The normalized spacial score (nSPS) is 11.8. The zero-order valence-electron chi connectivity index (χ0n) is 17.8. The monoisotopic (exact) mass is 504 g/mol. The number of hydrogen-bond acceptors (Lipinski definition) is 6. The van der Waals surface area contributed by atoms with E-state index in [1.54, 1.807) is 34.4 Å². The second-order valence-electron chi connectivity index (χ2n) is 7.29. The van der Waals surface area contributed by atoms with Gasteiger partial charge in [-0.1, -0.05) is 55.1 Å². The number of thiophene rings is 2.